The Morgan fingerprint density at radius 3 is 3.00 bits per heavy atom. The molecule has 0 fully saturated rings. The molecule has 16 heavy (non-hydrogen) atoms. The molecule has 0 unspecified atom stereocenters. The zero-order valence-electron chi connectivity index (χ0n) is 8.28. The van der Waals surface area contributed by atoms with E-state index in [0.29, 0.717) is 11.3 Å². The molecule has 7 heteroatoms. The van der Waals surface area contributed by atoms with E-state index in [1.54, 1.807) is 12.1 Å². The van der Waals surface area contributed by atoms with Gasteiger partial charge in [-0.25, -0.2) is 0 Å². The maximum Gasteiger partial charge on any atom is 0.278 e. The van der Waals surface area contributed by atoms with Crippen LogP contribution in [0.1, 0.15) is 5.56 Å². The number of azide groups is 1. The van der Waals surface area contributed by atoms with Crippen LogP contribution in [0.25, 0.3) is 16.5 Å². The van der Waals surface area contributed by atoms with Gasteiger partial charge in [-0.05, 0) is 17.7 Å². The maximum atomic E-state index is 10.7. The van der Waals surface area contributed by atoms with Crippen molar-refractivity contribution in [2.24, 2.45) is 5.11 Å². The van der Waals surface area contributed by atoms with Crippen molar-refractivity contribution < 1.29 is 4.92 Å². The fourth-order valence-electron chi connectivity index (χ4n) is 1.12. The molecule has 1 rings (SSSR count). The number of nitrogen functional groups attached to an aromatic ring is 1. The minimum Gasteiger partial charge on any atom is -0.399 e. The lowest BCUT2D eigenvalue weighted by Crippen LogP contribution is -1.94. The second-order valence-corrected chi connectivity index (χ2v) is 2.89. The summed E-state index contributed by atoms with van der Waals surface area (Å²) in [6.45, 7) is 0.151. The van der Waals surface area contributed by atoms with Crippen LogP contribution in [0.5, 0.6) is 0 Å². The second kappa shape index (κ2) is 5.38. The maximum absolute atomic E-state index is 10.7. The van der Waals surface area contributed by atoms with Gasteiger partial charge in [0.1, 0.15) is 0 Å². The van der Waals surface area contributed by atoms with Gasteiger partial charge in [0, 0.05) is 23.2 Å². The van der Waals surface area contributed by atoms with Crippen molar-refractivity contribution in [1.29, 1.82) is 0 Å². The summed E-state index contributed by atoms with van der Waals surface area (Å²) in [5.41, 5.74) is 14.2. The average Bonchev–Trinajstić information content (AvgIpc) is 2.26. The van der Waals surface area contributed by atoms with Gasteiger partial charge in [-0.1, -0.05) is 17.3 Å². The molecular weight excluding hydrogens is 210 g/mol. The van der Waals surface area contributed by atoms with Crippen LogP contribution in [0.15, 0.2) is 29.4 Å². The fourth-order valence-corrected chi connectivity index (χ4v) is 1.12. The van der Waals surface area contributed by atoms with Crippen LogP contribution >= 0.6 is 0 Å². The second-order valence-electron chi connectivity index (χ2n) is 2.89. The third-order valence-corrected chi connectivity index (χ3v) is 1.80. The SMILES string of the molecule is [N-]=[N+]=NCC=Cc1ccc(N)cc1[N+](=O)[O-]. The number of nitro groups is 1. The van der Waals surface area contributed by atoms with Crippen molar-refractivity contribution >= 4 is 17.5 Å². The van der Waals surface area contributed by atoms with Crippen molar-refractivity contribution in [3.8, 4) is 0 Å². The highest BCUT2D eigenvalue weighted by atomic mass is 16.6. The summed E-state index contributed by atoms with van der Waals surface area (Å²) >= 11 is 0. The lowest BCUT2D eigenvalue weighted by molar-refractivity contribution is -0.385. The first-order chi connectivity index (χ1) is 7.65. The number of hydrogen-bond acceptors (Lipinski definition) is 4. The lowest BCUT2D eigenvalue weighted by Gasteiger charge is -1.98. The summed E-state index contributed by atoms with van der Waals surface area (Å²) in [7, 11) is 0. The molecule has 0 amide bonds. The topological polar surface area (TPSA) is 118 Å². The smallest absolute Gasteiger partial charge is 0.278 e. The van der Waals surface area contributed by atoms with E-state index in [9.17, 15) is 10.1 Å². The van der Waals surface area contributed by atoms with Crippen LogP contribution in [-0.2, 0) is 0 Å². The Morgan fingerprint density at radius 2 is 2.38 bits per heavy atom. The van der Waals surface area contributed by atoms with Gasteiger partial charge in [0.05, 0.1) is 10.5 Å². The van der Waals surface area contributed by atoms with Crippen LogP contribution in [0.2, 0.25) is 0 Å². The summed E-state index contributed by atoms with van der Waals surface area (Å²) in [5.74, 6) is 0. The van der Waals surface area contributed by atoms with Crippen LogP contribution in [0.4, 0.5) is 11.4 Å². The molecule has 2 N–H and O–H groups in total. The van der Waals surface area contributed by atoms with E-state index in [-0.39, 0.29) is 12.2 Å². The number of nitrogens with two attached hydrogens (primary N) is 1. The third kappa shape index (κ3) is 3.00. The Bertz CT molecular complexity index is 477. The summed E-state index contributed by atoms with van der Waals surface area (Å²) in [6, 6.07) is 4.40. The number of anilines is 1. The van der Waals surface area contributed by atoms with Crippen LogP contribution in [0, 0.1) is 10.1 Å². The Morgan fingerprint density at radius 1 is 1.62 bits per heavy atom. The monoisotopic (exact) mass is 219 g/mol. The minimum atomic E-state index is -0.510. The number of nitrogens with zero attached hydrogens (tertiary/aromatic N) is 4. The van der Waals surface area contributed by atoms with Gasteiger partial charge in [0.25, 0.3) is 5.69 Å². The van der Waals surface area contributed by atoms with Crippen molar-refractivity contribution in [2.45, 2.75) is 0 Å². The first kappa shape index (κ1) is 11.5. The predicted molar refractivity (Wildman–Crippen MR) is 60.6 cm³/mol. The van der Waals surface area contributed by atoms with Gasteiger partial charge in [-0.3, -0.25) is 10.1 Å². The molecule has 0 radical (unpaired) electrons. The largest absolute Gasteiger partial charge is 0.399 e. The molecule has 0 aliphatic carbocycles. The van der Waals surface area contributed by atoms with Gasteiger partial charge < -0.3 is 5.73 Å². The summed E-state index contributed by atoms with van der Waals surface area (Å²) in [4.78, 5) is 12.7. The molecule has 0 spiro atoms. The van der Waals surface area contributed by atoms with Crippen molar-refractivity contribution in [2.75, 3.05) is 12.3 Å². The molecule has 0 aliphatic heterocycles. The summed E-state index contributed by atoms with van der Waals surface area (Å²) < 4.78 is 0. The number of nitro benzene ring substituents is 1. The van der Waals surface area contributed by atoms with E-state index in [0.717, 1.165) is 0 Å². The lowest BCUT2D eigenvalue weighted by atomic mass is 10.1. The number of rotatable bonds is 4. The average molecular weight is 219 g/mol. The fraction of sp³-hybridized carbons (Fsp3) is 0.111. The van der Waals surface area contributed by atoms with Gasteiger partial charge in [0.15, 0.2) is 0 Å². The van der Waals surface area contributed by atoms with Crippen molar-refractivity contribution in [1.82, 2.24) is 0 Å². The van der Waals surface area contributed by atoms with E-state index in [2.05, 4.69) is 10.0 Å². The van der Waals surface area contributed by atoms with E-state index in [1.165, 1.54) is 18.2 Å². The molecule has 1 aromatic rings. The highest BCUT2D eigenvalue weighted by Gasteiger charge is 2.10. The van der Waals surface area contributed by atoms with Crippen LogP contribution in [-0.4, -0.2) is 11.5 Å². The Balaban J connectivity index is 2.99. The quantitative estimate of drug-likeness (QED) is 0.209. The Hall–Kier alpha value is -2.53. The molecule has 0 heterocycles. The molecule has 82 valence electrons. The summed E-state index contributed by atoms with van der Waals surface area (Å²) in [5, 5.41) is 14.0. The van der Waals surface area contributed by atoms with Crippen molar-refractivity contribution in [3.05, 3.63) is 50.4 Å². The molecule has 0 aromatic heterocycles. The number of benzene rings is 1. The molecule has 7 nitrogen and oxygen atoms in total. The first-order valence-corrected chi connectivity index (χ1v) is 4.36. The first-order valence-electron chi connectivity index (χ1n) is 4.36. The predicted octanol–water partition coefficient (Wildman–Crippen LogP) is 2.50. The molecule has 1 aromatic carbocycles. The summed E-state index contributed by atoms with van der Waals surface area (Å²) in [6.07, 6.45) is 3.06. The van der Waals surface area contributed by atoms with Gasteiger partial charge in [0.2, 0.25) is 0 Å². The molecule has 0 atom stereocenters. The highest BCUT2D eigenvalue weighted by Crippen LogP contribution is 2.22. The third-order valence-electron chi connectivity index (χ3n) is 1.80. The highest BCUT2D eigenvalue weighted by molar-refractivity contribution is 5.65. The van der Waals surface area contributed by atoms with E-state index < -0.39 is 4.92 Å². The van der Waals surface area contributed by atoms with E-state index in [1.807, 2.05) is 0 Å². The van der Waals surface area contributed by atoms with Crippen LogP contribution in [0.3, 0.4) is 0 Å². The number of hydrogen-bond donors (Lipinski definition) is 1. The molecule has 0 saturated heterocycles. The molecule has 0 aliphatic rings. The Labute approximate surface area is 91.0 Å². The normalized spacial score (nSPS) is 10.0. The molecule has 0 bridgehead atoms. The van der Waals surface area contributed by atoms with E-state index in [4.69, 9.17) is 11.3 Å². The van der Waals surface area contributed by atoms with Gasteiger partial charge in [-0.2, -0.15) is 0 Å². The zero-order valence-corrected chi connectivity index (χ0v) is 8.28. The molecule has 0 saturated carbocycles. The minimum absolute atomic E-state index is 0.0720. The zero-order chi connectivity index (χ0) is 12.0. The molecular formula is C9H9N5O2. The Kier molecular flexibility index (Phi) is 3.88. The van der Waals surface area contributed by atoms with Crippen LogP contribution < -0.4 is 5.73 Å². The van der Waals surface area contributed by atoms with E-state index >= 15 is 0 Å². The van der Waals surface area contributed by atoms with Gasteiger partial charge in [-0.15, -0.1) is 0 Å². The standard InChI is InChI=1S/C9H9N5O2/c10-8-4-3-7(2-1-5-12-13-11)9(6-8)14(15)16/h1-4,6H,5,10H2. The van der Waals surface area contributed by atoms with Crippen molar-refractivity contribution in [3.63, 3.8) is 0 Å². The van der Waals surface area contributed by atoms with Gasteiger partial charge >= 0.3 is 0 Å².